The third-order valence-corrected chi connectivity index (χ3v) is 4.68. The lowest BCUT2D eigenvalue weighted by molar-refractivity contribution is 0.177. The first-order valence-corrected chi connectivity index (χ1v) is 8.17. The van der Waals surface area contributed by atoms with Gasteiger partial charge < -0.3 is 9.73 Å². The monoisotopic (exact) mass is 285 g/mol. The molecule has 1 aromatic carbocycles. The molecule has 0 atom stereocenters. The Balaban J connectivity index is 1.29. The number of rotatable bonds is 5. The standard InChI is InChI=1S/C17H23N3O/c1-2-4-16-15(3-1)19-17(21-16)12-20-9-7-14(8-10-20)18-11-13-5-6-13/h1-4,13-14,18H,5-12H2. The molecule has 0 spiro atoms. The number of nitrogens with one attached hydrogen (secondary N) is 1. The Morgan fingerprint density at radius 1 is 1.14 bits per heavy atom. The van der Waals surface area contributed by atoms with Gasteiger partial charge in [-0.15, -0.1) is 0 Å². The summed E-state index contributed by atoms with van der Waals surface area (Å²) in [7, 11) is 0. The van der Waals surface area contributed by atoms with Crippen molar-refractivity contribution >= 4 is 11.1 Å². The number of benzene rings is 1. The molecule has 0 amide bonds. The van der Waals surface area contributed by atoms with E-state index in [1.54, 1.807) is 0 Å². The van der Waals surface area contributed by atoms with Gasteiger partial charge in [0.25, 0.3) is 0 Å². The highest BCUT2D eigenvalue weighted by Crippen LogP contribution is 2.28. The van der Waals surface area contributed by atoms with Crippen molar-refractivity contribution in [3.8, 4) is 0 Å². The number of piperidine rings is 1. The Hall–Kier alpha value is -1.39. The van der Waals surface area contributed by atoms with Gasteiger partial charge >= 0.3 is 0 Å². The Bertz CT molecular complexity index is 564. The quantitative estimate of drug-likeness (QED) is 0.917. The normalized spacial score (nSPS) is 21.1. The number of likely N-dealkylation sites (tertiary alicyclic amines) is 1. The van der Waals surface area contributed by atoms with E-state index in [0.717, 1.165) is 42.5 Å². The third kappa shape index (κ3) is 3.27. The van der Waals surface area contributed by atoms with Crippen LogP contribution in [-0.2, 0) is 6.54 Å². The average molecular weight is 285 g/mol. The minimum atomic E-state index is 0.713. The second-order valence-corrected chi connectivity index (χ2v) is 6.48. The molecule has 1 aromatic heterocycles. The first-order chi connectivity index (χ1) is 10.4. The van der Waals surface area contributed by atoms with E-state index in [-0.39, 0.29) is 0 Å². The van der Waals surface area contributed by atoms with Gasteiger partial charge in [-0.2, -0.15) is 0 Å². The van der Waals surface area contributed by atoms with Crippen LogP contribution in [0.1, 0.15) is 31.6 Å². The summed E-state index contributed by atoms with van der Waals surface area (Å²) in [5.74, 6) is 1.82. The van der Waals surface area contributed by atoms with Gasteiger partial charge in [0.15, 0.2) is 5.58 Å². The van der Waals surface area contributed by atoms with Crippen LogP contribution >= 0.6 is 0 Å². The zero-order valence-electron chi connectivity index (χ0n) is 12.4. The second-order valence-electron chi connectivity index (χ2n) is 6.48. The van der Waals surface area contributed by atoms with Crippen LogP contribution in [0, 0.1) is 5.92 Å². The fraction of sp³-hybridized carbons (Fsp3) is 0.588. The highest BCUT2D eigenvalue weighted by Gasteiger charge is 2.24. The van der Waals surface area contributed by atoms with Crippen LogP contribution in [-0.4, -0.2) is 35.6 Å². The maximum absolute atomic E-state index is 5.82. The fourth-order valence-electron chi connectivity index (χ4n) is 3.13. The maximum atomic E-state index is 5.82. The molecule has 4 rings (SSSR count). The van der Waals surface area contributed by atoms with Gasteiger partial charge in [-0.1, -0.05) is 12.1 Å². The van der Waals surface area contributed by atoms with Crippen molar-refractivity contribution in [2.75, 3.05) is 19.6 Å². The summed E-state index contributed by atoms with van der Waals surface area (Å²) in [6, 6.07) is 8.71. The zero-order valence-corrected chi connectivity index (χ0v) is 12.4. The van der Waals surface area contributed by atoms with E-state index >= 15 is 0 Å². The van der Waals surface area contributed by atoms with Gasteiger partial charge in [0, 0.05) is 19.1 Å². The maximum Gasteiger partial charge on any atom is 0.209 e. The lowest BCUT2D eigenvalue weighted by atomic mass is 10.0. The molecule has 1 aliphatic carbocycles. The molecule has 1 N–H and O–H groups in total. The van der Waals surface area contributed by atoms with E-state index in [4.69, 9.17) is 4.42 Å². The summed E-state index contributed by atoms with van der Waals surface area (Å²) in [5.41, 5.74) is 1.86. The van der Waals surface area contributed by atoms with Crippen molar-refractivity contribution in [3.63, 3.8) is 0 Å². The van der Waals surface area contributed by atoms with Gasteiger partial charge in [-0.3, -0.25) is 4.90 Å². The van der Waals surface area contributed by atoms with E-state index in [1.165, 1.54) is 32.2 Å². The van der Waals surface area contributed by atoms with Crippen LogP contribution in [0.15, 0.2) is 28.7 Å². The fourth-order valence-corrected chi connectivity index (χ4v) is 3.13. The minimum absolute atomic E-state index is 0.713. The van der Waals surface area contributed by atoms with Crippen LogP contribution in [0.3, 0.4) is 0 Å². The summed E-state index contributed by atoms with van der Waals surface area (Å²) >= 11 is 0. The molecule has 21 heavy (non-hydrogen) atoms. The van der Waals surface area contributed by atoms with Crippen LogP contribution < -0.4 is 5.32 Å². The molecule has 4 nitrogen and oxygen atoms in total. The molecule has 1 saturated carbocycles. The average Bonchev–Trinajstić information content (AvgIpc) is 3.25. The number of nitrogens with zero attached hydrogens (tertiary/aromatic N) is 2. The molecule has 1 saturated heterocycles. The molecule has 4 heteroatoms. The number of hydrogen-bond donors (Lipinski definition) is 1. The molecular formula is C17H23N3O. The van der Waals surface area contributed by atoms with Gasteiger partial charge in [-0.25, -0.2) is 4.98 Å². The van der Waals surface area contributed by atoms with Crippen molar-refractivity contribution in [1.82, 2.24) is 15.2 Å². The van der Waals surface area contributed by atoms with E-state index in [2.05, 4.69) is 15.2 Å². The van der Waals surface area contributed by atoms with E-state index < -0.39 is 0 Å². The minimum Gasteiger partial charge on any atom is -0.439 e. The number of fused-ring (bicyclic) bond motifs is 1. The van der Waals surface area contributed by atoms with E-state index in [9.17, 15) is 0 Å². The largest absolute Gasteiger partial charge is 0.439 e. The number of para-hydroxylation sites is 2. The number of hydrogen-bond acceptors (Lipinski definition) is 4. The summed E-state index contributed by atoms with van der Waals surface area (Å²) in [6.45, 7) is 4.35. The molecule has 2 aromatic rings. The number of aromatic nitrogens is 1. The topological polar surface area (TPSA) is 41.3 Å². The molecule has 2 heterocycles. The zero-order chi connectivity index (χ0) is 14.1. The summed E-state index contributed by atoms with van der Waals surface area (Å²) < 4.78 is 5.82. The molecule has 2 fully saturated rings. The van der Waals surface area contributed by atoms with Gasteiger partial charge in [0.1, 0.15) is 5.52 Å². The molecule has 0 unspecified atom stereocenters. The Morgan fingerprint density at radius 2 is 1.95 bits per heavy atom. The van der Waals surface area contributed by atoms with Gasteiger partial charge in [-0.05, 0) is 50.3 Å². The number of oxazole rings is 1. The van der Waals surface area contributed by atoms with Crippen LogP contribution in [0.5, 0.6) is 0 Å². The highest BCUT2D eigenvalue weighted by molar-refractivity contribution is 5.72. The SMILES string of the molecule is c1ccc2oc(CN3CCC(NCC4CC4)CC3)nc2c1. The molecular weight excluding hydrogens is 262 g/mol. The summed E-state index contributed by atoms with van der Waals surface area (Å²) in [4.78, 5) is 7.03. The summed E-state index contributed by atoms with van der Waals surface area (Å²) in [6.07, 6.45) is 5.35. The predicted octanol–water partition coefficient (Wildman–Crippen LogP) is 2.79. The second kappa shape index (κ2) is 5.78. The smallest absolute Gasteiger partial charge is 0.209 e. The van der Waals surface area contributed by atoms with Crippen molar-refractivity contribution in [1.29, 1.82) is 0 Å². The van der Waals surface area contributed by atoms with Crippen molar-refractivity contribution in [2.45, 2.75) is 38.3 Å². The molecule has 2 aliphatic rings. The lowest BCUT2D eigenvalue weighted by Crippen LogP contribution is -2.42. The molecule has 0 radical (unpaired) electrons. The van der Waals surface area contributed by atoms with E-state index in [0.29, 0.717) is 6.04 Å². The van der Waals surface area contributed by atoms with Crippen LogP contribution in [0.2, 0.25) is 0 Å². The van der Waals surface area contributed by atoms with Crippen LogP contribution in [0.4, 0.5) is 0 Å². The van der Waals surface area contributed by atoms with Gasteiger partial charge in [0.2, 0.25) is 5.89 Å². The third-order valence-electron chi connectivity index (χ3n) is 4.68. The highest BCUT2D eigenvalue weighted by atomic mass is 16.3. The Labute approximate surface area is 125 Å². The van der Waals surface area contributed by atoms with E-state index in [1.807, 2.05) is 24.3 Å². The lowest BCUT2D eigenvalue weighted by Gasteiger charge is -2.31. The summed E-state index contributed by atoms with van der Waals surface area (Å²) in [5, 5.41) is 3.72. The van der Waals surface area contributed by atoms with Gasteiger partial charge in [0.05, 0.1) is 6.54 Å². The Morgan fingerprint density at radius 3 is 2.71 bits per heavy atom. The molecule has 0 bridgehead atoms. The van der Waals surface area contributed by atoms with Crippen molar-refractivity contribution < 1.29 is 4.42 Å². The Kier molecular flexibility index (Phi) is 3.65. The first-order valence-electron chi connectivity index (χ1n) is 8.17. The van der Waals surface area contributed by atoms with Crippen molar-refractivity contribution in [2.24, 2.45) is 5.92 Å². The first kappa shape index (κ1) is 13.3. The predicted molar refractivity (Wildman–Crippen MR) is 83.0 cm³/mol. The molecule has 1 aliphatic heterocycles. The van der Waals surface area contributed by atoms with Crippen LogP contribution in [0.25, 0.3) is 11.1 Å². The van der Waals surface area contributed by atoms with Crippen molar-refractivity contribution in [3.05, 3.63) is 30.2 Å². The molecule has 112 valence electrons.